The third-order valence-electron chi connectivity index (χ3n) is 5.32. The lowest BCUT2D eigenvalue weighted by Crippen LogP contribution is -2.36. The lowest BCUT2D eigenvalue weighted by Gasteiger charge is -2.36. The Kier molecular flexibility index (Phi) is 3.40. The maximum absolute atomic E-state index is 12.8. The molecule has 5 rings (SSSR count). The first-order chi connectivity index (χ1) is 12.1. The van der Waals surface area contributed by atoms with Crippen LogP contribution in [0.25, 0.3) is 4.96 Å². The van der Waals surface area contributed by atoms with Crippen molar-refractivity contribution in [3.63, 3.8) is 0 Å². The maximum Gasteiger partial charge on any atom is 0.195 e. The largest absolute Gasteiger partial charge is 0.362 e. The summed E-state index contributed by atoms with van der Waals surface area (Å²) in [5.41, 5.74) is 4.13. The van der Waals surface area contributed by atoms with Crippen LogP contribution in [0.4, 0.5) is 0 Å². The van der Waals surface area contributed by atoms with E-state index in [2.05, 4.69) is 10.3 Å². The number of Topliss-reactive ketones (excluding diaryl/α,β-unsaturated/α-hetero) is 2. The third kappa shape index (κ3) is 2.17. The monoisotopic (exact) mass is 373 g/mol. The summed E-state index contributed by atoms with van der Waals surface area (Å²) in [6.07, 6.45) is 6.34. The van der Waals surface area contributed by atoms with Crippen LogP contribution in [-0.2, 0) is 9.59 Å². The van der Waals surface area contributed by atoms with Gasteiger partial charge in [-0.3, -0.25) is 14.0 Å². The second-order valence-corrected chi connectivity index (χ2v) is 7.97. The van der Waals surface area contributed by atoms with Gasteiger partial charge < -0.3 is 5.32 Å². The number of thiazole rings is 1. The van der Waals surface area contributed by atoms with Crippen LogP contribution in [0, 0.1) is 0 Å². The van der Waals surface area contributed by atoms with Gasteiger partial charge in [0.1, 0.15) is 0 Å². The summed E-state index contributed by atoms with van der Waals surface area (Å²) in [7, 11) is 0. The molecule has 1 N–H and O–H groups in total. The summed E-state index contributed by atoms with van der Waals surface area (Å²) in [4.78, 5) is 30.8. The first-order valence-electron chi connectivity index (χ1n) is 8.55. The van der Waals surface area contributed by atoms with Crippen molar-refractivity contribution in [2.75, 3.05) is 0 Å². The molecule has 25 heavy (non-hydrogen) atoms. The van der Waals surface area contributed by atoms with Crippen LogP contribution in [0.5, 0.6) is 0 Å². The number of hydrogen-bond acceptors (Lipinski definition) is 5. The van der Waals surface area contributed by atoms with Gasteiger partial charge in [-0.2, -0.15) is 0 Å². The Bertz CT molecular complexity index is 955. The van der Waals surface area contributed by atoms with Gasteiger partial charge in [0.15, 0.2) is 21.7 Å². The molecule has 0 unspecified atom stereocenters. The van der Waals surface area contributed by atoms with Crippen LogP contribution in [0.1, 0.15) is 50.1 Å². The number of hydrogen-bond donors (Lipinski definition) is 1. The number of fused-ring (bicyclic) bond motifs is 1. The van der Waals surface area contributed by atoms with Crippen molar-refractivity contribution in [2.45, 2.75) is 44.4 Å². The Balaban J connectivity index is 1.81. The number of imidazole rings is 1. The zero-order valence-electron chi connectivity index (χ0n) is 13.5. The zero-order chi connectivity index (χ0) is 17.1. The van der Waals surface area contributed by atoms with E-state index in [1.807, 2.05) is 16.0 Å². The summed E-state index contributed by atoms with van der Waals surface area (Å²) in [6, 6.07) is 0. The van der Waals surface area contributed by atoms with Gasteiger partial charge >= 0.3 is 0 Å². The van der Waals surface area contributed by atoms with Gasteiger partial charge in [0.05, 0.1) is 11.6 Å². The molecular formula is C18H16ClN3O2S. The van der Waals surface area contributed by atoms with E-state index in [1.54, 1.807) is 0 Å². The molecule has 0 saturated heterocycles. The molecule has 3 aliphatic rings. The fraction of sp³-hybridized carbons (Fsp3) is 0.389. The standard InChI is InChI=1S/C18H16ClN3O2S/c19-17-16(22-7-8-25-18(22)21-17)15-13-9(3-1-5-11(13)23)20-10-4-2-6-12(24)14(10)15/h7-8,15,20H,1-6H2. The smallest absolute Gasteiger partial charge is 0.195 e. The Hall–Kier alpha value is -1.92. The van der Waals surface area contributed by atoms with Crippen LogP contribution >= 0.6 is 22.9 Å². The molecule has 0 bridgehead atoms. The average molecular weight is 374 g/mol. The quantitative estimate of drug-likeness (QED) is 0.826. The number of dihydropyridines is 1. The summed E-state index contributed by atoms with van der Waals surface area (Å²) in [5, 5.41) is 5.75. The van der Waals surface area contributed by atoms with E-state index in [-0.39, 0.29) is 11.6 Å². The van der Waals surface area contributed by atoms with Gasteiger partial charge in [-0.25, -0.2) is 4.98 Å². The number of nitrogens with zero attached hydrogens (tertiary/aromatic N) is 2. The lowest BCUT2D eigenvalue weighted by molar-refractivity contribution is -0.117. The van der Waals surface area contributed by atoms with E-state index in [1.165, 1.54) is 11.3 Å². The van der Waals surface area contributed by atoms with Gasteiger partial charge in [-0.05, 0) is 25.7 Å². The van der Waals surface area contributed by atoms with E-state index >= 15 is 0 Å². The number of carbonyl (C=O) groups is 2. The predicted octanol–water partition coefficient (Wildman–Crippen LogP) is 3.75. The molecule has 0 radical (unpaired) electrons. The van der Waals surface area contributed by atoms with Gasteiger partial charge in [0, 0.05) is 47.0 Å². The molecule has 0 saturated carbocycles. The summed E-state index contributed by atoms with van der Waals surface area (Å²) in [5.74, 6) is -0.168. The van der Waals surface area contributed by atoms with E-state index in [0.29, 0.717) is 18.0 Å². The number of halogens is 1. The van der Waals surface area contributed by atoms with Gasteiger partial charge in [0.2, 0.25) is 0 Å². The highest BCUT2D eigenvalue weighted by atomic mass is 35.5. The van der Waals surface area contributed by atoms with Crippen LogP contribution in [-0.4, -0.2) is 21.0 Å². The molecule has 2 aromatic heterocycles. The molecule has 0 spiro atoms. The third-order valence-corrected chi connectivity index (χ3v) is 6.35. The van der Waals surface area contributed by atoms with E-state index in [0.717, 1.165) is 58.9 Å². The predicted molar refractivity (Wildman–Crippen MR) is 95.7 cm³/mol. The maximum atomic E-state index is 12.8. The van der Waals surface area contributed by atoms with Gasteiger partial charge in [0.25, 0.3) is 0 Å². The first-order valence-corrected chi connectivity index (χ1v) is 9.81. The highest BCUT2D eigenvalue weighted by Crippen LogP contribution is 2.47. The molecule has 0 amide bonds. The van der Waals surface area contributed by atoms with Crippen molar-refractivity contribution >= 4 is 39.5 Å². The summed E-state index contributed by atoms with van der Waals surface area (Å²) in [6.45, 7) is 0. The van der Waals surface area contributed by atoms with E-state index in [4.69, 9.17) is 11.6 Å². The van der Waals surface area contributed by atoms with Crippen LogP contribution in [0.15, 0.2) is 34.1 Å². The molecule has 128 valence electrons. The van der Waals surface area contributed by atoms with Crippen LogP contribution in [0.3, 0.4) is 0 Å². The zero-order valence-corrected chi connectivity index (χ0v) is 15.0. The highest BCUT2D eigenvalue weighted by molar-refractivity contribution is 7.15. The number of nitrogens with one attached hydrogen (secondary N) is 1. The van der Waals surface area contributed by atoms with Gasteiger partial charge in [-0.1, -0.05) is 11.6 Å². The summed E-state index contributed by atoms with van der Waals surface area (Å²) >= 11 is 7.98. The average Bonchev–Trinajstić information content (AvgIpc) is 3.14. The molecule has 5 nitrogen and oxygen atoms in total. The Morgan fingerprint density at radius 1 is 1.08 bits per heavy atom. The molecule has 1 aliphatic heterocycles. The normalized spacial score (nSPS) is 21.6. The molecule has 0 fully saturated rings. The first kappa shape index (κ1) is 15.3. The summed E-state index contributed by atoms with van der Waals surface area (Å²) < 4.78 is 1.93. The van der Waals surface area contributed by atoms with Crippen molar-refractivity contribution in [2.24, 2.45) is 0 Å². The molecule has 0 atom stereocenters. The number of carbonyl (C=O) groups excluding carboxylic acids is 2. The Morgan fingerprint density at radius 3 is 2.36 bits per heavy atom. The fourth-order valence-electron chi connectivity index (χ4n) is 4.29. The van der Waals surface area contributed by atoms with Gasteiger partial charge in [-0.15, -0.1) is 11.3 Å². The number of aromatic nitrogens is 2. The lowest BCUT2D eigenvalue weighted by atomic mass is 9.73. The van der Waals surface area contributed by atoms with Crippen molar-refractivity contribution in [3.8, 4) is 0 Å². The van der Waals surface area contributed by atoms with Crippen molar-refractivity contribution in [1.82, 2.24) is 14.7 Å². The topological polar surface area (TPSA) is 63.5 Å². The van der Waals surface area contributed by atoms with Crippen molar-refractivity contribution in [1.29, 1.82) is 0 Å². The number of ketones is 2. The SMILES string of the molecule is O=C1CCCC2=C1C(c1c(Cl)nc3sccn13)C1=C(CCCC1=O)N2. The second-order valence-electron chi connectivity index (χ2n) is 6.74. The van der Waals surface area contributed by atoms with Crippen molar-refractivity contribution < 1.29 is 9.59 Å². The fourth-order valence-corrected chi connectivity index (χ4v) is 5.34. The minimum Gasteiger partial charge on any atom is -0.362 e. The minimum atomic E-state index is -0.399. The molecule has 3 heterocycles. The minimum absolute atomic E-state index is 0.116. The van der Waals surface area contributed by atoms with E-state index < -0.39 is 5.92 Å². The van der Waals surface area contributed by atoms with Crippen molar-refractivity contribution in [3.05, 3.63) is 45.0 Å². The molecule has 2 aromatic rings. The number of allylic oxidation sites excluding steroid dienone is 4. The van der Waals surface area contributed by atoms with Crippen LogP contribution in [0.2, 0.25) is 5.15 Å². The Labute approximate surface area is 153 Å². The molecule has 2 aliphatic carbocycles. The molecule has 0 aromatic carbocycles. The second kappa shape index (κ2) is 5.54. The van der Waals surface area contributed by atoms with Crippen LogP contribution < -0.4 is 5.32 Å². The number of rotatable bonds is 1. The Morgan fingerprint density at radius 2 is 1.72 bits per heavy atom. The highest BCUT2D eigenvalue weighted by Gasteiger charge is 2.42. The molecule has 7 heteroatoms. The van der Waals surface area contributed by atoms with E-state index in [9.17, 15) is 9.59 Å². The molecular weight excluding hydrogens is 358 g/mol.